The van der Waals surface area contributed by atoms with E-state index in [1.54, 1.807) is 12.1 Å². The van der Waals surface area contributed by atoms with Crippen LogP contribution in [0.2, 0.25) is 0 Å². The number of hydrogen-bond acceptors (Lipinski definition) is 5. The number of carboxylic acids is 1. The van der Waals surface area contributed by atoms with Crippen molar-refractivity contribution in [2.24, 2.45) is 0 Å². The van der Waals surface area contributed by atoms with E-state index in [4.69, 9.17) is 0 Å². The van der Waals surface area contributed by atoms with Crippen LogP contribution in [0.1, 0.15) is 64.0 Å². The first-order chi connectivity index (χ1) is 17.4. The Bertz CT molecular complexity index is 1140. The molecule has 0 radical (unpaired) electrons. The highest BCUT2D eigenvalue weighted by Gasteiger charge is 2.14. The van der Waals surface area contributed by atoms with Crippen molar-refractivity contribution in [3.05, 3.63) is 82.9 Å². The molecule has 192 valence electrons. The SMILES string of the molecule is CCCCc1ncc(CNc2ccccc2C(=O)NCCCN(C)C)n1Cc1ccc(C(=O)O)cc1. The standard InChI is InChI=1S/C28H37N5O3/c1-4-5-11-26-31-19-23(33(26)20-21-12-14-22(15-13-21)28(35)36)18-30-25-10-7-6-9-24(25)27(34)29-16-8-17-32(2)3/h6-7,9-10,12-15,19,30H,4-5,8,11,16-18,20H2,1-3H3,(H,29,34)(H,35,36). The molecule has 2 aromatic carbocycles. The molecular formula is C28H37N5O3. The number of hydrogen-bond donors (Lipinski definition) is 3. The highest BCUT2D eigenvalue weighted by atomic mass is 16.4. The van der Waals surface area contributed by atoms with E-state index in [0.717, 1.165) is 55.0 Å². The number of nitrogens with one attached hydrogen (secondary N) is 2. The highest BCUT2D eigenvalue weighted by molar-refractivity contribution is 5.99. The molecule has 1 amide bonds. The fourth-order valence-corrected chi connectivity index (χ4v) is 3.97. The lowest BCUT2D eigenvalue weighted by Crippen LogP contribution is -2.27. The summed E-state index contributed by atoms with van der Waals surface area (Å²) in [5, 5.41) is 15.6. The van der Waals surface area contributed by atoms with E-state index in [9.17, 15) is 14.7 Å². The van der Waals surface area contributed by atoms with Gasteiger partial charge in [0.2, 0.25) is 0 Å². The quantitative estimate of drug-likeness (QED) is 0.291. The predicted octanol–water partition coefficient (Wildman–Crippen LogP) is 4.27. The zero-order valence-electron chi connectivity index (χ0n) is 21.5. The molecular weight excluding hydrogens is 454 g/mol. The molecule has 3 rings (SSSR count). The first-order valence-corrected chi connectivity index (χ1v) is 12.5. The second kappa shape index (κ2) is 13.4. The maximum Gasteiger partial charge on any atom is 0.335 e. The van der Waals surface area contributed by atoms with Crippen LogP contribution in [0.3, 0.4) is 0 Å². The van der Waals surface area contributed by atoms with Gasteiger partial charge in [0.1, 0.15) is 5.82 Å². The van der Waals surface area contributed by atoms with Crippen LogP contribution in [0, 0.1) is 0 Å². The molecule has 0 saturated carbocycles. The molecule has 8 heteroatoms. The number of para-hydroxylation sites is 1. The average Bonchev–Trinajstić information content (AvgIpc) is 3.25. The van der Waals surface area contributed by atoms with Gasteiger partial charge in [-0.15, -0.1) is 0 Å². The summed E-state index contributed by atoms with van der Waals surface area (Å²) in [6.07, 6.45) is 5.76. The third-order valence-electron chi connectivity index (χ3n) is 6.02. The number of nitrogens with zero attached hydrogens (tertiary/aromatic N) is 3. The number of unbranched alkanes of at least 4 members (excludes halogenated alkanes) is 1. The lowest BCUT2D eigenvalue weighted by Gasteiger charge is -2.16. The van der Waals surface area contributed by atoms with Gasteiger partial charge in [0.25, 0.3) is 5.91 Å². The van der Waals surface area contributed by atoms with Crippen LogP contribution in [0.25, 0.3) is 0 Å². The van der Waals surface area contributed by atoms with Crippen LogP contribution in [0.4, 0.5) is 5.69 Å². The summed E-state index contributed by atoms with van der Waals surface area (Å²) in [6, 6.07) is 14.5. The Morgan fingerprint density at radius 3 is 2.50 bits per heavy atom. The van der Waals surface area contributed by atoms with Crippen molar-refractivity contribution >= 4 is 17.6 Å². The molecule has 0 saturated heterocycles. The third kappa shape index (κ3) is 7.68. The minimum Gasteiger partial charge on any atom is -0.478 e. The number of rotatable bonds is 14. The summed E-state index contributed by atoms with van der Waals surface area (Å²) in [6.45, 7) is 4.81. The Balaban J connectivity index is 1.73. The lowest BCUT2D eigenvalue weighted by atomic mass is 10.1. The van der Waals surface area contributed by atoms with Crippen molar-refractivity contribution < 1.29 is 14.7 Å². The molecule has 1 aromatic heterocycles. The van der Waals surface area contributed by atoms with Crippen LogP contribution in [0.15, 0.2) is 54.7 Å². The molecule has 36 heavy (non-hydrogen) atoms. The molecule has 0 bridgehead atoms. The van der Waals surface area contributed by atoms with Crippen molar-refractivity contribution in [3.63, 3.8) is 0 Å². The predicted molar refractivity (Wildman–Crippen MR) is 143 cm³/mol. The molecule has 0 aliphatic heterocycles. The van der Waals surface area contributed by atoms with E-state index in [-0.39, 0.29) is 11.5 Å². The van der Waals surface area contributed by atoms with Crippen LogP contribution in [0.5, 0.6) is 0 Å². The van der Waals surface area contributed by atoms with Crippen LogP contribution in [-0.2, 0) is 19.5 Å². The number of aryl methyl sites for hydroxylation is 1. The molecule has 0 aliphatic rings. The summed E-state index contributed by atoms with van der Waals surface area (Å²) < 4.78 is 2.18. The second-order valence-corrected chi connectivity index (χ2v) is 9.17. The molecule has 0 spiro atoms. The van der Waals surface area contributed by atoms with Gasteiger partial charge in [0, 0.05) is 25.2 Å². The first kappa shape index (κ1) is 26.9. The first-order valence-electron chi connectivity index (χ1n) is 12.5. The van der Waals surface area contributed by atoms with Crippen molar-refractivity contribution in [1.82, 2.24) is 19.8 Å². The molecule has 3 aromatic rings. The number of amides is 1. The highest BCUT2D eigenvalue weighted by Crippen LogP contribution is 2.19. The van der Waals surface area contributed by atoms with Crippen molar-refractivity contribution in [1.29, 1.82) is 0 Å². The summed E-state index contributed by atoms with van der Waals surface area (Å²) >= 11 is 0. The number of benzene rings is 2. The van der Waals surface area contributed by atoms with E-state index >= 15 is 0 Å². The zero-order chi connectivity index (χ0) is 25.9. The number of aromatic carboxylic acids is 1. The smallest absolute Gasteiger partial charge is 0.335 e. The fraction of sp³-hybridized carbons (Fsp3) is 0.393. The Morgan fingerprint density at radius 1 is 1.06 bits per heavy atom. The second-order valence-electron chi connectivity index (χ2n) is 9.17. The van der Waals surface area contributed by atoms with Crippen molar-refractivity contribution in [2.45, 2.75) is 45.7 Å². The number of carboxylic acid groups (broad SMARTS) is 1. The minimum atomic E-state index is -0.932. The van der Waals surface area contributed by atoms with Gasteiger partial charge < -0.3 is 25.2 Å². The Hall–Kier alpha value is -3.65. The summed E-state index contributed by atoms with van der Waals surface area (Å²) in [5.74, 6) is -0.0199. The minimum absolute atomic E-state index is 0.0903. The van der Waals surface area contributed by atoms with Gasteiger partial charge in [-0.1, -0.05) is 37.6 Å². The maximum atomic E-state index is 12.8. The molecule has 3 N–H and O–H groups in total. The molecule has 0 aliphatic carbocycles. The van der Waals surface area contributed by atoms with Gasteiger partial charge in [-0.25, -0.2) is 9.78 Å². The van der Waals surface area contributed by atoms with E-state index < -0.39 is 5.97 Å². The monoisotopic (exact) mass is 491 g/mol. The van der Waals surface area contributed by atoms with Crippen LogP contribution < -0.4 is 10.6 Å². The topological polar surface area (TPSA) is 99.5 Å². The van der Waals surface area contributed by atoms with Crippen LogP contribution >= 0.6 is 0 Å². The van der Waals surface area contributed by atoms with E-state index in [2.05, 4.69) is 32.0 Å². The van der Waals surface area contributed by atoms with Gasteiger partial charge in [-0.2, -0.15) is 0 Å². The third-order valence-corrected chi connectivity index (χ3v) is 6.02. The molecule has 0 unspecified atom stereocenters. The Kier molecular flexibility index (Phi) is 10.1. The molecule has 8 nitrogen and oxygen atoms in total. The summed E-state index contributed by atoms with van der Waals surface area (Å²) in [7, 11) is 4.04. The average molecular weight is 492 g/mol. The molecule has 0 atom stereocenters. The Labute approximate surface area is 213 Å². The summed E-state index contributed by atoms with van der Waals surface area (Å²) in [5.41, 5.74) is 3.67. The van der Waals surface area contributed by atoms with E-state index in [0.29, 0.717) is 25.2 Å². The van der Waals surface area contributed by atoms with Crippen molar-refractivity contribution in [2.75, 3.05) is 32.5 Å². The Morgan fingerprint density at radius 2 is 1.81 bits per heavy atom. The number of anilines is 1. The van der Waals surface area contributed by atoms with Gasteiger partial charge in [-0.3, -0.25) is 4.79 Å². The molecule has 1 heterocycles. The largest absolute Gasteiger partial charge is 0.478 e. The number of aromatic nitrogens is 2. The maximum absolute atomic E-state index is 12.8. The zero-order valence-corrected chi connectivity index (χ0v) is 21.5. The molecule has 0 fully saturated rings. The number of carbonyl (C=O) groups is 2. The van der Waals surface area contributed by atoms with Crippen molar-refractivity contribution in [3.8, 4) is 0 Å². The van der Waals surface area contributed by atoms with Gasteiger partial charge in [0.05, 0.1) is 29.6 Å². The van der Waals surface area contributed by atoms with Gasteiger partial charge >= 0.3 is 5.97 Å². The van der Waals surface area contributed by atoms with E-state index in [1.807, 2.05) is 56.7 Å². The number of imidazole rings is 1. The number of carbonyl (C=O) groups excluding carboxylic acids is 1. The lowest BCUT2D eigenvalue weighted by molar-refractivity contribution is 0.0696. The van der Waals surface area contributed by atoms with Gasteiger partial charge in [0.15, 0.2) is 0 Å². The normalized spacial score (nSPS) is 11.0. The van der Waals surface area contributed by atoms with Gasteiger partial charge in [-0.05, 0) is 63.3 Å². The summed E-state index contributed by atoms with van der Waals surface area (Å²) in [4.78, 5) is 30.8. The van der Waals surface area contributed by atoms with E-state index in [1.165, 1.54) is 0 Å². The fourth-order valence-electron chi connectivity index (χ4n) is 3.97. The van der Waals surface area contributed by atoms with Crippen LogP contribution in [-0.4, -0.2) is 58.6 Å².